The average Bonchev–Trinajstić information content (AvgIpc) is 2.63. The van der Waals surface area contributed by atoms with Crippen LogP contribution in [0.3, 0.4) is 0 Å². The Morgan fingerprint density at radius 1 is 0.957 bits per heavy atom. The Labute approximate surface area is 141 Å². The number of benzene rings is 1. The van der Waals surface area contributed by atoms with Crippen molar-refractivity contribution in [1.29, 1.82) is 0 Å². The highest BCUT2D eigenvalue weighted by Gasteiger charge is 2.31. The summed E-state index contributed by atoms with van der Waals surface area (Å²) in [5.41, 5.74) is 2.81. The molecule has 0 radical (unpaired) electrons. The molecule has 1 aromatic rings. The van der Waals surface area contributed by atoms with Gasteiger partial charge in [-0.25, -0.2) is 0 Å². The first-order valence-corrected chi connectivity index (χ1v) is 9.53. The van der Waals surface area contributed by atoms with Crippen molar-refractivity contribution in [1.82, 2.24) is 0 Å². The predicted molar refractivity (Wildman–Crippen MR) is 94.6 cm³/mol. The summed E-state index contributed by atoms with van der Waals surface area (Å²) >= 11 is 0. The average molecular weight is 316 g/mol. The van der Waals surface area contributed by atoms with E-state index in [1.807, 2.05) is 7.11 Å². The van der Waals surface area contributed by atoms with Crippen LogP contribution in [0, 0.1) is 11.8 Å². The molecule has 3 rings (SSSR count). The highest BCUT2D eigenvalue weighted by Crippen LogP contribution is 2.39. The number of hydrogen-bond donors (Lipinski definition) is 0. The third-order valence-electron chi connectivity index (χ3n) is 5.92. The van der Waals surface area contributed by atoms with Crippen molar-refractivity contribution in [2.75, 3.05) is 13.7 Å². The van der Waals surface area contributed by atoms with Crippen LogP contribution in [0.4, 0.5) is 0 Å². The van der Waals surface area contributed by atoms with E-state index in [-0.39, 0.29) is 0 Å². The Bertz CT molecular complexity index is 451. The molecule has 0 amide bonds. The van der Waals surface area contributed by atoms with Gasteiger partial charge in [0.05, 0.1) is 18.8 Å². The maximum absolute atomic E-state index is 6.25. The quantitative estimate of drug-likeness (QED) is 0.732. The zero-order valence-corrected chi connectivity index (χ0v) is 14.8. The second-order valence-corrected chi connectivity index (χ2v) is 7.42. The van der Waals surface area contributed by atoms with E-state index < -0.39 is 0 Å². The summed E-state index contributed by atoms with van der Waals surface area (Å²) in [7, 11) is 1.85. The molecule has 1 saturated carbocycles. The molecule has 0 spiro atoms. The first-order chi connectivity index (χ1) is 11.3. The van der Waals surface area contributed by atoms with Crippen molar-refractivity contribution >= 4 is 0 Å². The third-order valence-corrected chi connectivity index (χ3v) is 5.92. The number of methoxy groups -OCH3 is 1. The predicted octanol–water partition coefficient (Wildman–Crippen LogP) is 5.31. The second kappa shape index (κ2) is 8.30. The largest absolute Gasteiger partial charge is 0.381 e. The summed E-state index contributed by atoms with van der Waals surface area (Å²) in [4.78, 5) is 0. The molecule has 2 fully saturated rings. The summed E-state index contributed by atoms with van der Waals surface area (Å²) in [5.74, 6) is 1.62. The van der Waals surface area contributed by atoms with Gasteiger partial charge in [0.15, 0.2) is 0 Å². The number of hydrogen-bond acceptors (Lipinski definition) is 2. The Morgan fingerprint density at radius 2 is 1.65 bits per heavy atom. The van der Waals surface area contributed by atoms with E-state index in [1.54, 1.807) is 0 Å². The Balaban J connectivity index is 1.48. The molecule has 2 nitrogen and oxygen atoms in total. The maximum atomic E-state index is 6.25. The number of rotatable bonds is 5. The molecule has 1 aliphatic carbocycles. The molecule has 2 atom stereocenters. The van der Waals surface area contributed by atoms with Crippen molar-refractivity contribution in [3.05, 3.63) is 35.4 Å². The minimum absolute atomic E-state index is 0.317. The molecule has 1 aliphatic heterocycles. The van der Waals surface area contributed by atoms with Crippen molar-refractivity contribution in [2.24, 2.45) is 11.8 Å². The van der Waals surface area contributed by atoms with E-state index >= 15 is 0 Å². The molecule has 1 heterocycles. The van der Waals surface area contributed by atoms with Gasteiger partial charge in [-0.15, -0.1) is 0 Å². The second-order valence-electron chi connectivity index (χ2n) is 7.42. The van der Waals surface area contributed by atoms with Gasteiger partial charge in [-0.2, -0.15) is 0 Å². The number of aryl methyl sites for hydroxylation is 1. The SMILES string of the molecule is CCCc1ccc(C2CCC(C3CCC(OC)CC3)CO2)cc1. The van der Waals surface area contributed by atoms with Crippen molar-refractivity contribution in [2.45, 2.75) is 70.5 Å². The molecule has 2 heteroatoms. The molecule has 0 bridgehead atoms. The zero-order valence-electron chi connectivity index (χ0n) is 14.8. The summed E-state index contributed by atoms with van der Waals surface area (Å²) in [6.07, 6.45) is 10.8. The van der Waals surface area contributed by atoms with Crippen molar-refractivity contribution < 1.29 is 9.47 Å². The van der Waals surface area contributed by atoms with Gasteiger partial charge in [0.25, 0.3) is 0 Å². The molecule has 0 N–H and O–H groups in total. The van der Waals surface area contributed by atoms with Gasteiger partial charge in [-0.1, -0.05) is 37.6 Å². The molecular weight excluding hydrogens is 284 g/mol. The van der Waals surface area contributed by atoms with E-state index in [2.05, 4.69) is 31.2 Å². The highest BCUT2D eigenvalue weighted by molar-refractivity contribution is 5.24. The van der Waals surface area contributed by atoms with Crippen LogP contribution in [0.1, 0.15) is 69.1 Å². The van der Waals surface area contributed by atoms with Crippen LogP contribution >= 0.6 is 0 Å². The minimum Gasteiger partial charge on any atom is -0.381 e. The van der Waals surface area contributed by atoms with Gasteiger partial charge < -0.3 is 9.47 Å². The van der Waals surface area contributed by atoms with Gasteiger partial charge in [0, 0.05) is 7.11 Å². The van der Waals surface area contributed by atoms with Crippen LogP contribution < -0.4 is 0 Å². The molecular formula is C21H32O2. The van der Waals surface area contributed by atoms with Crippen LogP contribution in [-0.2, 0) is 15.9 Å². The van der Waals surface area contributed by atoms with Gasteiger partial charge in [-0.05, 0) is 67.9 Å². The van der Waals surface area contributed by atoms with Gasteiger partial charge >= 0.3 is 0 Å². The lowest BCUT2D eigenvalue weighted by Gasteiger charge is -2.37. The topological polar surface area (TPSA) is 18.5 Å². The van der Waals surface area contributed by atoms with E-state index in [4.69, 9.17) is 9.47 Å². The molecule has 2 unspecified atom stereocenters. The maximum Gasteiger partial charge on any atom is 0.0825 e. The van der Waals surface area contributed by atoms with Crippen molar-refractivity contribution in [3.8, 4) is 0 Å². The van der Waals surface area contributed by atoms with Crippen LogP contribution in [0.25, 0.3) is 0 Å². The first kappa shape index (κ1) is 17.0. The van der Waals surface area contributed by atoms with Gasteiger partial charge in [-0.3, -0.25) is 0 Å². The number of ether oxygens (including phenoxy) is 2. The molecule has 2 aliphatic rings. The van der Waals surface area contributed by atoms with Gasteiger partial charge in [0.1, 0.15) is 0 Å². The van der Waals surface area contributed by atoms with Crippen LogP contribution in [0.5, 0.6) is 0 Å². The zero-order chi connectivity index (χ0) is 16.1. The highest BCUT2D eigenvalue weighted by atomic mass is 16.5. The molecule has 23 heavy (non-hydrogen) atoms. The van der Waals surface area contributed by atoms with Crippen LogP contribution in [0.15, 0.2) is 24.3 Å². The normalized spacial score (nSPS) is 31.9. The molecule has 0 aromatic heterocycles. The molecule has 1 aromatic carbocycles. The molecule has 128 valence electrons. The Morgan fingerprint density at radius 3 is 2.22 bits per heavy atom. The van der Waals surface area contributed by atoms with E-state index in [1.165, 1.54) is 62.5 Å². The van der Waals surface area contributed by atoms with Crippen molar-refractivity contribution in [3.63, 3.8) is 0 Å². The monoisotopic (exact) mass is 316 g/mol. The lowest BCUT2D eigenvalue weighted by Crippen LogP contribution is -2.31. The Hall–Kier alpha value is -0.860. The van der Waals surface area contributed by atoms with E-state index in [9.17, 15) is 0 Å². The van der Waals surface area contributed by atoms with E-state index in [0.717, 1.165) is 18.4 Å². The lowest BCUT2D eigenvalue weighted by atomic mass is 9.76. The summed E-state index contributed by atoms with van der Waals surface area (Å²) in [6.45, 7) is 3.18. The fourth-order valence-corrected chi connectivity index (χ4v) is 4.39. The summed E-state index contributed by atoms with van der Waals surface area (Å²) in [5, 5.41) is 0. The summed E-state index contributed by atoms with van der Waals surface area (Å²) in [6, 6.07) is 9.11. The van der Waals surface area contributed by atoms with Gasteiger partial charge in [0.2, 0.25) is 0 Å². The third kappa shape index (κ3) is 4.36. The molecule has 1 saturated heterocycles. The Kier molecular flexibility index (Phi) is 6.13. The van der Waals surface area contributed by atoms with E-state index in [0.29, 0.717) is 12.2 Å². The fourth-order valence-electron chi connectivity index (χ4n) is 4.39. The first-order valence-electron chi connectivity index (χ1n) is 9.53. The van der Waals surface area contributed by atoms with Crippen LogP contribution in [-0.4, -0.2) is 19.8 Å². The fraction of sp³-hybridized carbons (Fsp3) is 0.714. The lowest BCUT2D eigenvalue weighted by molar-refractivity contribution is -0.0466. The smallest absolute Gasteiger partial charge is 0.0825 e. The van der Waals surface area contributed by atoms with Crippen LogP contribution in [0.2, 0.25) is 0 Å². The minimum atomic E-state index is 0.317. The summed E-state index contributed by atoms with van der Waals surface area (Å²) < 4.78 is 11.7. The standard InChI is InChI=1S/C21H32O2/c1-3-4-16-5-7-18(8-6-16)21-14-11-19(15-23-21)17-9-12-20(22-2)13-10-17/h5-8,17,19-21H,3-4,9-15H2,1-2H3.